The molecule has 0 aliphatic carbocycles. The van der Waals surface area contributed by atoms with E-state index in [9.17, 15) is 23.7 Å². The Balaban J connectivity index is 1.91. The number of benzene rings is 2. The molecule has 29 heavy (non-hydrogen) atoms. The minimum Gasteiger partial charge on any atom is -0.334 e. The summed E-state index contributed by atoms with van der Waals surface area (Å²) in [7, 11) is 0. The van der Waals surface area contributed by atoms with Crippen LogP contribution < -0.4 is 16.0 Å². The number of halogens is 2. The van der Waals surface area contributed by atoms with E-state index < -0.39 is 22.2 Å². The van der Waals surface area contributed by atoms with Crippen LogP contribution in [0.15, 0.2) is 48.8 Å². The second kappa shape index (κ2) is 8.25. The van der Waals surface area contributed by atoms with Crippen LogP contribution in [0.5, 0.6) is 0 Å². The first-order chi connectivity index (χ1) is 13.8. The number of nitrogens with zero attached hydrogens (tertiary/aromatic N) is 3. The number of anilines is 5. The summed E-state index contributed by atoms with van der Waals surface area (Å²) in [6.07, 6.45) is 1.04. The van der Waals surface area contributed by atoms with E-state index in [0.717, 1.165) is 24.5 Å². The van der Waals surface area contributed by atoms with E-state index >= 15 is 0 Å². The summed E-state index contributed by atoms with van der Waals surface area (Å²) in [6.45, 7) is 1.37. The fourth-order valence-corrected chi connectivity index (χ4v) is 2.43. The van der Waals surface area contributed by atoms with Crippen molar-refractivity contribution in [2.24, 2.45) is 0 Å². The standard InChI is InChI=1S/C18H14F2N6O3/c1-10(27)23-12-3-5-13(6-4-12)24-17-16(26(28)29)18(22-9-21-17)25-15-8-11(19)2-7-14(15)20/h2-9H,1H3,(H,23,27)(H2,21,22,24,25). The van der Waals surface area contributed by atoms with Gasteiger partial charge in [-0.2, -0.15) is 0 Å². The Labute approximate surface area is 163 Å². The van der Waals surface area contributed by atoms with Crippen LogP contribution in [0.2, 0.25) is 0 Å². The summed E-state index contributed by atoms with van der Waals surface area (Å²) in [6, 6.07) is 9.02. The molecule has 0 aliphatic rings. The average molecular weight is 400 g/mol. The van der Waals surface area contributed by atoms with Gasteiger partial charge in [-0.15, -0.1) is 0 Å². The van der Waals surface area contributed by atoms with E-state index in [4.69, 9.17) is 0 Å². The Morgan fingerprint density at radius 2 is 1.62 bits per heavy atom. The quantitative estimate of drug-likeness (QED) is 0.420. The summed E-state index contributed by atoms with van der Waals surface area (Å²) in [5, 5.41) is 19.4. The van der Waals surface area contributed by atoms with Gasteiger partial charge in [0, 0.05) is 24.4 Å². The number of aromatic nitrogens is 2. The van der Waals surface area contributed by atoms with Gasteiger partial charge in [-0.3, -0.25) is 14.9 Å². The number of nitro groups is 1. The lowest BCUT2D eigenvalue weighted by Gasteiger charge is -2.11. The van der Waals surface area contributed by atoms with Gasteiger partial charge in [0.25, 0.3) is 0 Å². The summed E-state index contributed by atoms with van der Waals surface area (Å²) < 4.78 is 27.3. The van der Waals surface area contributed by atoms with Crippen LogP contribution in [-0.4, -0.2) is 20.8 Å². The SMILES string of the molecule is CC(=O)Nc1ccc(Nc2ncnc(Nc3cc(F)ccc3F)c2[N+](=O)[O-])cc1. The molecule has 0 fully saturated rings. The number of hydrogen-bond acceptors (Lipinski definition) is 7. The summed E-state index contributed by atoms with van der Waals surface area (Å²) in [5.74, 6) is -2.23. The first-order valence-electron chi connectivity index (χ1n) is 8.19. The first-order valence-corrected chi connectivity index (χ1v) is 8.19. The number of amides is 1. The number of rotatable bonds is 6. The van der Waals surface area contributed by atoms with Gasteiger partial charge in [-0.25, -0.2) is 18.7 Å². The predicted octanol–water partition coefficient (Wildman–Crippen LogP) is 4.11. The highest BCUT2D eigenvalue weighted by Gasteiger charge is 2.24. The van der Waals surface area contributed by atoms with E-state index in [2.05, 4.69) is 25.9 Å². The molecular formula is C18H14F2N6O3. The fourth-order valence-electron chi connectivity index (χ4n) is 2.43. The highest BCUT2D eigenvalue weighted by molar-refractivity contribution is 5.89. The highest BCUT2D eigenvalue weighted by Crippen LogP contribution is 2.33. The number of nitrogens with one attached hydrogen (secondary N) is 3. The second-order valence-electron chi connectivity index (χ2n) is 5.81. The molecule has 1 aromatic heterocycles. The third-order valence-electron chi connectivity index (χ3n) is 3.65. The highest BCUT2D eigenvalue weighted by atomic mass is 19.1. The zero-order chi connectivity index (χ0) is 21.0. The molecule has 0 radical (unpaired) electrons. The van der Waals surface area contributed by atoms with Gasteiger partial charge in [0.1, 0.15) is 18.0 Å². The maximum absolute atomic E-state index is 13.9. The molecule has 0 saturated carbocycles. The lowest BCUT2D eigenvalue weighted by Crippen LogP contribution is -2.07. The summed E-state index contributed by atoms with van der Waals surface area (Å²) >= 11 is 0. The molecule has 0 bridgehead atoms. The van der Waals surface area contributed by atoms with Crippen molar-refractivity contribution in [1.82, 2.24) is 9.97 Å². The lowest BCUT2D eigenvalue weighted by atomic mass is 10.2. The molecule has 148 valence electrons. The Kier molecular flexibility index (Phi) is 5.58. The van der Waals surface area contributed by atoms with Gasteiger partial charge >= 0.3 is 5.69 Å². The molecule has 0 spiro atoms. The Hall–Kier alpha value is -4.15. The molecule has 0 unspecified atom stereocenters. The minimum absolute atomic E-state index is 0.156. The number of carbonyl (C=O) groups is 1. The molecule has 3 N–H and O–H groups in total. The van der Waals surface area contributed by atoms with E-state index in [0.29, 0.717) is 11.4 Å². The van der Waals surface area contributed by atoms with Crippen LogP contribution >= 0.6 is 0 Å². The molecular weight excluding hydrogens is 386 g/mol. The van der Waals surface area contributed by atoms with Crippen molar-refractivity contribution in [3.05, 3.63) is 70.5 Å². The van der Waals surface area contributed by atoms with Crippen LogP contribution in [0.3, 0.4) is 0 Å². The van der Waals surface area contributed by atoms with E-state index in [-0.39, 0.29) is 23.2 Å². The molecule has 3 aromatic rings. The molecule has 0 atom stereocenters. The Morgan fingerprint density at radius 3 is 2.24 bits per heavy atom. The second-order valence-corrected chi connectivity index (χ2v) is 5.81. The molecule has 9 nitrogen and oxygen atoms in total. The van der Waals surface area contributed by atoms with E-state index in [1.165, 1.54) is 6.92 Å². The molecule has 0 saturated heterocycles. The van der Waals surface area contributed by atoms with Crippen molar-refractivity contribution >= 4 is 40.3 Å². The van der Waals surface area contributed by atoms with E-state index in [1.54, 1.807) is 24.3 Å². The Bertz CT molecular complexity index is 1080. The largest absolute Gasteiger partial charge is 0.353 e. The van der Waals surface area contributed by atoms with Gasteiger partial charge in [0.15, 0.2) is 0 Å². The van der Waals surface area contributed by atoms with Crippen LogP contribution in [0.1, 0.15) is 6.92 Å². The predicted molar refractivity (Wildman–Crippen MR) is 102 cm³/mol. The van der Waals surface area contributed by atoms with Crippen LogP contribution in [0, 0.1) is 21.7 Å². The zero-order valence-electron chi connectivity index (χ0n) is 14.9. The monoisotopic (exact) mass is 400 g/mol. The van der Waals surface area contributed by atoms with Gasteiger partial charge in [0.05, 0.1) is 10.6 Å². The van der Waals surface area contributed by atoms with Crippen molar-refractivity contribution < 1.29 is 18.5 Å². The van der Waals surface area contributed by atoms with Gasteiger partial charge in [-0.05, 0) is 36.4 Å². The van der Waals surface area contributed by atoms with Crippen molar-refractivity contribution in [2.75, 3.05) is 16.0 Å². The van der Waals surface area contributed by atoms with Gasteiger partial charge in [-0.1, -0.05) is 0 Å². The van der Waals surface area contributed by atoms with Crippen molar-refractivity contribution in [3.8, 4) is 0 Å². The fraction of sp³-hybridized carbons (Fsp3) is 0.0556. The Morgan fingerprint density at radius 1 is 1.00 bits per heavy atom. The van der Waals surface area contributed by atoms with Crippen molar-refractivity contribution in [2.45, 2.75) is 6.92 Å². The maximum Gasteiger partial charge on any atom is 0.353 e. The van der Waals surface area contributed by atoms with Crippen LogP contribution in [0.4, 0.5) is 43.2 Å². The van der Waals surface area contributed by atoms with E-state index in [1.807, 2.05) is 0 Å². The molecule has 2 aromatic carbocycles. The summed E-state index contributed by atoms with van der Waals surface area (Å²) in [4.78, 5) is 29.5. The molecule has 1 amide bonds. The molecule has 3 rings (SSSR count). The van der Waals surface area contributed by atoms with Crippen molar-refractivity contribution in [1.29, 1.82) is 0 Å². The van der Waals surface area contributed by atoms with Gasteiger partial charge < -0.3 is 16.0 Å². The van der Waals surface area contributed by atoms with Crippen molar-refractivity contribution in [3.63, 3.8) is 0 Å². The molecule has 1 heterocycles. The third-order valence-corrected chi connectivity index (χ3v) is 3.65. The topological polar surface area (TPSA) is 122 Å². The van der Waals surface area contributed by atoms with Crippen LogP contribution in [-0.2, 0) is 4.79 Å². The average Bonchev–Trinajstić information content (AvgIpc) is 2.66. The number of hydrogen-bond donors (Lipinski definition) is 3. The lowest BCUT2D eigenvalue weighted by molar-refractivity contribution is -0.383. The minimum atomic E-state index is -0.803. The smallest absolute Gasteiger partial charge is 0.334 e. The maximum atomic E-state index is 13.9. The molecule has 11 heteroatoms. The normalized spacial score (nSPS) is 10.3. The third kappa shape index (κ3) is 4.77. The molecule has 0 aliphatic heterocycles. The number of carbonyl (C=O) groups excluding carboxylic acids is 1. The first kappa shape index (κ1) is 19.6. The van der Waals surface area contributed by atoms with Crippen LogP contribution in [0.25, 0.3) is 0 Å². The summed E-state index contributed by atoms with van der Waals surface area (Å²) in [5.41, 5.74) is 0.132. The van der Waals surface area contributed by atoms with Gasteiger partial charge in [0.2, 0.25) is 17.5 Å². The zero-order valence-corrected chi connectivity index (χ0v) is 14.9.